The molecular formula is C26H31N9O2. The van der Waals surface area contributed by atoms with E-state index in [2.05, 4.69) is 40.4 Å². The van der Waals surface area contributed by atoms with Gasteiger partial charge in [-0.15, -0.1) is 0 Å². The molecule has 4 saturated carbocycles. The smallest absolute Gasteiger partial charge is 0.319 e. The number of ether oxygens (including phenoxy) is 1. The van der Waals surface area contributed by atoms with Crippen molar-refractivity contribution in [2.24, 2.45) is 22.7 Å². The van der Waals surface area contributed by atoms with E-state index < -0.39 is 0 Å². The van der Waals surface area contributed by atoms with E-state index in [0.717, 1.165) is 74.4 Å². The van der Waals surface area contributed by atoms with Gasteiger partial charge >= 0.3 is 6.01 Å². The van der Waals surface area contributed by atoms with Gasteiger partial charge in [0.05, 0.1) is 12.0 Å². The van der Waals surface area contributed by atoms with Crippen LogP contribution in [-0.2, 0) is 0 Å². The molecule has 0 aromatic carbocycles. The summed E-state index contributed by atoms with van der Waals surface area (Å²) >= 11 is 0. The second-order valence-electron chi connectivity index (χ2n) is 11.1. The van der Waals surface area contributed by atoms with Crippen molar-refractivity contribution in [1.29, 1.82) is 0 Å². The van der Waals surface area contributed by atoms with E-state index in [9.17, 15) is 4.79 Å². The molecule has 5 fully saturated rings. The number of aliphatic imine (C=N–C) groups is 1. The number of piperidine rings is 1. The number of aromatic nitrogens is 6. The Hall–Kier alpha value is -3.63. The van der Waals surface area contributed by atoms with Crippen LogP contribution in [0.2, 0.25) is 0 Å². The van der Waals surface area contributed by atoms with Crippen molar-refractivity contribution in [3.63, 3.8) is 0 Å². The number of carbonyl (C=O) groups is 1. The molecular weight excluding hydrogens is 470 g/mol. The highest BCUT2D eigenvalue weighted by molar-refractivity contribution is 5.94. The Bertz CT molecular complexity index is 1350. The molecule has 1 amide bonds. The molecule has 0 radical (unpaired) electrons. The van der Waals surface area contributed by atoms with Gasteiger partial charge in [0.2, 0.25) is 0 Å². The quantitative estimate of drug-likeness (QED) is 0.450. The monoisotopic (exact) mass is 501 g/mol. The molecule has 0 spiro atoms. The van der Waals surface area contributed by atoms with E-state index in [0.29, 0.717) is 35.7 Å². The van der Waals surface area contributed by atoms with Gasteiger partial charge in [-0.2, -0.15) is 15.1 Å². The normalized spacial score (nSPS) is 28.7. The number of nitrogens with one attached hydrogen (secondary N) is 2. The van der Waals surface area contributed by atoms with Crippen molar-refractivity contribution in [2.45, 2.75) is 50.0 Å². The lowest BCUT2D eigenvalue weighted by atomic mass is 9.50. The topological polar surface area (TPSA) is 134 Å². The SMILES string of the molecule is CN=C[C@@H]1C[C@@H]1COc1nc(C(=O)NC23CC(C2)C3)cc(N2CCC(c3[nH]nc4ncncc34)CC2)n1. The number of hydrogen-bond acceptors (Lipinski definition) is 9. The van der Waals surface area contributed by atoms with E-state index in [1.165, 1.54) is 6.33 Å². The number of nitrogens with zero attached hydrogens (tertiary/aromatic N) is 7. The molecule has 11 heteroatoms. The summed E-state index contributed by atoms with van der Waals surface area (Å²) in [6.45, 7) is 2.14. The fourth-order valence-corrected chi connectivity index (χ4v) is 6.19. The Kier molecular flexibility index (Phi) is 5.33. The van der Waals surface area contributed by atoms with Crippen LogP contribution in [0.1, 0.15) is 60.6 Å². The summed E-state index contributed by atoms with van der Waals surface area (Å²) in [5, 5.41) is 11.7. The predicted octanol–water partition coefficient (Wildman–Crippen LogP) is 2.52. The zero-order valence-corrected chi connectivity index (χ0v) is 20.9. The Morgan fingerprint density at radius 1 is 1.30 bits per heavy atom. The summed E-state index contributed by atoms with van der Waals surface area (Å²) in [6, 6.07) is 2.09. The number of amides is 1. The predicted molar refractivity (Wildman–Crippen MR) is 137 cm³/mol. The molecule has 11 nitrogen and oxygen atoms in total. The molecule has 3 aromatic heterocycles. The van der Waals surface area contributed by atoms with Crippen molar-refractivity contribution in [3.8, 4) is 6.01 Å². The molecule has 0 unspecified atom stereocenters. The number of rotatable bonds is 8. The maximum atomic E-state index is 13.2. The fourth-order valence-electron chi connectivity index (χ4n) is 6.19. The summed E-state index contributed by atoms with van der Waals surface area (Å²) < 4.78 is 6.02. The Labute approximate surface area is 214 Å². The molecule has 8 rings (SSSR count). The first-order chi connectivity index (χ1) is 18.1. The summed E-state index contributed by atoms with van der Waals surface area (Å²) in [5.41, 5.74) is 2.16. The van der Waals surface area contributed by atoms with Gasteiger partial charge in [-0.05, 0) is 44.4 Å². The van der Waals surface area contributed by atoms with E-state index >= 15 is 0 Å². The number of aromatic amines is 1. The minimum absolute atomic E-state index is 0.0104. The molecule has 37 heavy (non-hydrogen) atoms. The highest BCUT2D eigenvalue weighted by Crippen LogP contribution is 2.57. The maximum Gasteiger partial charge on any atom is 0.319 e. The van der Waals surface area contributed by atoms with Crippen LogP contribution in [0.3, 0.4) is 0 Å². The average molecular weight is 502 g/mol. The molecule has 1 saturated heterocycles. The van der Waals surface area contributed by atoms with Crippen LogP contribution in [0.25, 0.3) is 11.0 Å². The minimum Gasteiger partial charge on any atom is -0.463 e. The Balaban J connectivity index is 1.08. The van der Waals surface area contributed by atoms with E-state index in [-0.39, 0.29) is 17.5 Å². The fraction of sp³-hybridized carbons (Fsp3) is 0.577. The van der Waals surface area contributed by atoms with E-state index in [1.54, 1.807) is 7.05 Å². The average Bonchev–Trinajstić information content (AvgIpc) is 3.48. The molecule has 192 valence electrons. The van der Waals surface area contributed by atoms with Gasteiger partial charge in [0.1, 0.15) is 17.8 Å². The molecule has 3 aromatic rings. The summed E-state index contributed by atoms with van der Waals surface area (Å²) in [5.74, 6) is 2.63. The molecule has 4 aliphatic carbocycles. The highest BCUT2D eigenvalue weighted by atomic mass is 16.5. The second-order valence-corrected chi connectivity index (χ2v) is 11.1. The molecule has 1 aliphatic heterocycles. The van der Waals surface area contributed by atoms with Crippen LogP contribution in [0.15, 0.2) is 23.6 Å². The molecule has 4 heterocycles. The van der Waals surface area contributed by atoms with Crippen LogP contribution in [-0.4, -0.2) is 74.5 Å². The van der Waals surface area contributed by atoms with Crippen molar-refractivity contribution in [2.75, 3.05) is 31.6 Å². The largest absolute Gasteiger partial charge is 0.463 e. The van der Waals surface area contributed by atoms with Gasteiger partial charge in [0.15, 0.2) is 5.65 Å². The van der Waals surface area contributed by atoms with Crippen molar-refractivity contribution >= 4 is 29.0 Å². The van der Waals surface area contributed by atoms with Gasteiger partial charge in [-0.3, -0.25) is 9.89 Å². The molecule has 5 aliphatic rings. The standard InChI is InChI=1S/C26H31N9O2/c1-27-11-17-6-18(17)13-37-25-30-20(24(36)32-26-8-15(9-26)10-26)7-21(31-25)35-4-2-16(3-5-35)22-19-12-28-14-29-23(19)34-33-22/h7,11-12,14-18H,2-6,8-10,13H2,1H3,(H,32,36)(H,28,29,33,34)/t15?,17-,18+,26?/m0/s1. The lowest BCUT2D eigenvalue weighted by Gasteiger charge is -2.61. The van der Waals surface area contributed by atoms with Crippen molar-refractivity contribution < 1.29 is 9.53 Å². The van der Waals surface area contributed by atoms with Crippen LogP contribution in [0.4, 0.5) is 5.82 Å². The summed E-state index contributed by atoms with van der Waals surface area (Å²) in [4.78, 5) is 37.2. The molecule has 2 atom stereocenters. The van der Waals surface area contributed by atoms with E-state index in [4.69, 9.17) is 9.72 Å². The maximum absolute atomic E-state index is 13.2. The zero-order valence-electron chi connectivity index (χ0n) is 20.9. The highest BCUT2D eigenvalue weighted by Gasteiger charge is 2.57. The Morgan fingerprint density at radius 2 is 2.14 bits per heavy atom. The van der Waals surface area contributed by atoms with Crippen LogP contribution < -0.4 is 15.0 Å². The van der Waals surface area contributed by atoms with Gasteiger partial charge in [0, 0.05) is 67.6 Å². The van der Waals surface area contributed by atoms with E-state index in [1.807, 2.05) is 18.5 Å². The first kappa shape index (κ1) is 22.6. The number of hydrogen-bond donors (Lipinski definition) is 2. The van der Waals surface area contributed by atoms with Crippen LogP contribution in [0, 0.1) is 17.8 Å². The number of carbonyl (C=O) groups excluding carboxylic acids is 1. The van der Waals surface area contributed by atoms with Crippen LogP contribution >= 0.6 is 0 Å². The number of anilines is 1. The lowest BCUT2D eigenvalue weighted by Crippen LogP contribution is -2.68. The minimum atomic E-state index is -0.132. The third-order valence-electron chi connectivity index (χ3n) is 8.58. The third-order valence-corrected chi connectivity index (χ3v) is 8.58. The van der Waals surface area contributed by atoms with Crippen LogP contribution in [0.5, 0.6) is 6.01 Å². The van der Waals surface area contributed by atoms with Gasteiger partial charge in [-0.25, -0.2) is 9.97 Å². The summed E-state index contributed by atoms with van der Waals surface area (Å²) in [6.07, 6.45) is 11.5. The molecule has 2 bridgehead atoms. The van der Waals surface area contributed by atoms with Crippen molar-refractivity contribution in [1.82, 2.24) is 35.5 Å². The van der Waals surface area contributed by atoms with Crippen molar-refractivity contribution in [3.05, 3.63) is 30.0 Å². The second kappa shape index (κ2) is 8.74. The van der Waals surface area contributed by atoms with Gasteiger partial charge in [0.25, 0.3) is 5.91 Å². The Morgan fingerprint density at radius 3 is 2.89 bits per heavy atom. The third kappa shape index (κ3) is 4.19. The van der Waals surface area contributed by atoms with Gasteiger partial charge < -0.3 is 19.9 Å². The first-order valence-electron chi connectivity index (χ1n) is 13.2. The van der Waals surface area contributed by atoms with Gasteiger partial charge in [-0.1, -0.05) is 0 Å². The number of fused-ring (bicyclic) bond motifs is 1. The lowest BCUT2D eigenvalue weighted by molar-refractivity contribution is -0.0439. The molecule has 2 N–H and O–H groups in total. The zero-order chi connectivity index (χ0) is 25.0. The number of H-pyrrole nitrogens is 1. The summed E-state index contributed by atoms with van der Waals surface area (Å²) in [7, 11) is 1.80. The first-order valence-corrected chi connectivity index (χ1v) is 13.2.